The SMILES string of the molecule is Cc1ccc(C(=O)Cc2ccn(C3CCCC3)n2)cc1. The molecule has 1 aromatic carbocycles. The maximum Gasteiger partial charge on any atom is 0.168 e. The van der Waals surface area contributed by atoms with Gasteiger partial charge in [-0.1, -0.05) is 42.7 Å². The number of Topliss-reactive ketones (excluding diaryl/α,β-unsaturated/α-hetero) is 1. The van der Waals surface area contributed by atoms with Crippen LogP contribution in [0, 0.1) is 6.92 Å². The van der Waals surface area contributed by atoms with Gasteiger partial charge < -0.3 is 0 Å². The van der Waals surface area contributed by atoms with Crippen LogP contribution in [0.15, 0.2) is 36.5 Å². The summed E-state index contributed by atoms with van der Waals surface area (Å²) in [6.07, 6.45) is 7.43. The monoisotopic (exact) mass is 268 g/mol. The van der Waals surface area contributed by atoms with E-state index in [0.717, 1.165) is 11.3 Å². The number of nitrogens with zero attached hydrogens (tertiary/aromatic N) is 2. The maximum atomic E-state index is 12.2. The molecule has 1 aromatic heterocycles. The Hall–Kier alpha value is -1.90. The molecule has 0 atom stereocenters. The lowest BCUT2D eigenvalue weighted by Gasteiger charge is -2.08. The normalized spacial score (nSPS) is 15.7. The van der Waals surface area contributed by atoms with Gasteiger partial charge in [0, 0.05) is 11.8 Å². The van der Waals surface area contributed by atoms with Gasteiger partial charge in [-0.2, -0.15) is 5.10 Å². The van der Waals surface area contributed by atoms with Crippen LogP contribution >= 0.6 is 0 Å². The van der Waals surface area contributed by atoms with Crippen LogP contribution in [0.1, 0.15) is 53.3 Å². The molecule has 0 amide bonds. The third-order valence-electron chi connectivity index (χ3n) is 4.08. The van der Waals surface area contributed by atoms with Crippen LogP contribution in [-0.4, -0.2) is 15.6 Å². The van der Waals surface area contributed by atoms with Gasteiger partial charge in [-0.25, -0.2) is 0 Å². The number of hydrogen-bond acceptors (Lipinski definition) is 2. The van der Waals surface area contributed by atoms with E-state index in [9.17, 15) is 4.79 Å². The minimum Gasteiger partial charge on any atom is -0.294 e. The number of benzene rings is 1. The van der Waals surface area contributed by atoms with E-state index in [1.165, 1.54) is 31.2 Å². The smallest absolute Gasteiger partial charge is 0.168 e. The van der Waals surface area contributed by atoms with Crippen molar-refractivity contribution < 1.29 is 4.79 Å². The average molecular weight is 268 g/mol. The minimum atomic E-state index is 0.140. The van der Waals surface area contributed by atoms with Crippen LogP contribution in [0.25, 0.3) is 0 Å². The summed E-state index contributed by atoms with van der Waals surface area (Å²) in [5, 5.41) is 4.57. The summed E-state index contributed by atoms with van der Waals surface area (Å²) in [4.78, 5) is 12.2. The third-order valence-corrected chi connectivity index (χ3v) is 4.08. The quantitative estimate of drug-likeness (QED) is 0.792. The molecule has 20 heavy (non-hydrogen) atoms. The van der Waals surface area contributed by atoms with Crippen molar-refractivity contribution in [1.82, 2.24) is 9.78 Å². The fourth-order valence-electron chi connectivity index (χ4n) is 2.85. The first-order chi connectivity index (χ1) is 9.72. The first-order valence-corrected chi connectivity index (χ1v) is 7.36. The molecule has 0 N–H and O–H groups in total. The molecule has 0 saturated heterocycles. The van der Waals surface area contributed by atoms with Crippen molar-refractivity contribution in [3.8, 4) is 0 Å². The zero-order chi connectivity index (χ0) is 13.9. The van der Waals surface area contributed by atoms with E-state index in [1.807, 2.05) is 48.1 Å². The van der Waals surface area contributed by atoms with E-state index in [0.29, 0.717) is 12.5 Å². The van der Waals surface area contributed by atoms with E-state index in [-0.39, 0.29) is 5.78 Å². The highest BCUT2D eigenvalue weighted by molar-refractivity contribution is 5.97. The lowest BCUT2D eigenvalue weighted by atomic mass is 10.1. The van der Waals surface area contributed by atoms with Gasteiger partial charge in [-0.3, -0.25) is 9.48 Å². The number of carbonyl (C=O) groups excluding carboxylic acids is 1. The van der Waals surface area contributed by atoms with Crippen LogP contribution in [0.2, 0.25) is 0 Å². The van der Waals surface area contributed by atoms with Gasteiger partial charge in [0.25, 0.3) is 0 Å². The Bertz CT molecular complexity index is 592. The van der Waals surface area contributed by atoms with Crippen molar-refractivity contribution in [1.29, 1.82) is 0 Å². The predicted octanol–water partition coefficient (Wildman–Crippen LogP) is 3.73. The molecule has 1 aliphatic carbocycles. The van der Waals surface area contributed by atoms with Crippen LogP contribution in [-0.2, 0) is 6.42 Å². The topological polar surface area (TPSA) is 34.9 Å². The second-order valence-electron chi connectivity index (χ2n) is 5.69. The number of rotatable bonds is 4. The average Bonchev–Trinajstić information content (AvgIpc) is 3.09. The third kappa shape index (κ3) is 2.82. The van der Waals surface area contributed by atoms with E-state index < -0.39 is 0 Å². The number of carbonyl (C=O) groups is 1. The predicted molar refractivity (Wildman–Crippen MR) is 78.9 cm³/mol. The summed E-state index contributed by atoms with van der Waals surface area (Å²) in [6.45, 7) is 2.03. The summed E-state index contributed by atoms with van der Waals surface area (Å²) in [6, 6.07) is 10.3. The molecule has 0 unspecified atom stereocenters. The molecule has 3 heteroatoms. The van der Waals surface area contributed by atoms with E-state index in [1.54, 1.807) is 0 Å². The Kier molecular flexibility index (Phi) is 3.68. The maximum absolute atomic E-state index is 12.2. The zero-order valence-corrected chi connectivity index (χ0v) is 11.9. The van der Waals surface area contributed by atoms with E-state index in [4.69, 9.17) is 0 Å². The van der Waals surface area contributed by atoms with Gasteiger partial charge in [-0.05, 0) is 25.8 Å². The van der Waals surface area contributed by atoms with Gasteiger partial charge in [0.05, 0.1) is 18.2 Å². The van der Waals surface area contributed by atoms with Gasteiger partial charge in [0.15, 0.2) is 5.78 Å². The van der Waals surface area contributed by atoms with Crippen molar-refractivity contribution in [2.45, 2.75) is 45.1 Å². The molecule has 0 radical (unpaired) electrons. The van der Waals surface area contributed by atoms with Gasteiger partial charge in [-0.15, -0.1) is 0 Å². The largest absolute Gasteiger partial charge is 0.294 e. The molecule has 104 valence electrons. The van der Waals surface area contributed by atoms with Gasteiger partial charge in [0.1, 0.15) is 0 Å². The van der Waals surface area contributed by atoms with Crippen molar-refractivity contribution in [2.75, 3.05) is 0 Å². The fraction of sp³-hybridized carbons (Fsp3) is 0.412. The Morgan fingerprint density at radius 2 is 1.90 bits per heavy atom. The minimum absolute atomic E-state index is 0.140. The first kappa shape index (κ1) is 13.1. The second kappa shape index (κ2) is 5.61. The van der Waals surface area contributed by atoms with Crippen molar-refractivity contribution in [3.05, 3.63) is 53.3 Å². The summed E-state index contributed by atoms with van der Waals surface area (Å²) < 4.78 is 2.05. The van der Waals surface area contributed by atoms with Crippen LogP contribution in [0.3, 0.4) is 0 Å². The molecule has 0 aliphatic heterocycles. The van der Waals surface area contributed by atoms with Crippen molar-refractivity contribution in [3.63, 3.8) is 0 Å². The standard InChI is InChI=1S/C17H20N2O/c1-13-6-8-14(9-7-13)17(20)12-15-10-11-19(18-15)16-4-2-3-5-16/h6-11,16H,2-5,12H2,1H3. The molecule has 1 saturated carbocycles. The second-order valence-corrected chi connectivity index (χ2v) is 5.69. The summed E-state index contributed by atoms with van der Waals surface area (Å²) in [5.74, 6) is 0.140. The molecule has 1 fully saturated rings. The summed E-state index contributed by atoms with van der Waals surface area (Å²) in [7, 11) is 0. The Balaban J connectivity index is 1.68. The van der Waals surface area contributed by atoms with Crippen LogP contribution < -0.4 is 0 Å². The molecule has 3 rings (SSSR count). The number of ketones is 1. The molecule has 1 aliphatic rings. The van der Waals surface area contributed by atoms with E-state index in [2.05, 4.69) is 5.10 Å². The molecule has 1 heterocycles. The number of aryl methyl sites for hydroxylation is 1. The molecule has 3 nitrogen and oxygen atoms in total. The number of aromatic nitrogens is 2. The van der Waals surface area contributed by atoms with Crippen LogP contribution in [0.4, 0.5) is 0 Å². The molecule has 0 spiro atoms. The zero-order valence-electron chi connectivity index (χ0n) is 11.9. The first-order valence-electron chi connectivity index (χ1n) is 7.36. The highest BCUT2D eigenvalue weighted by Gasteiger charge is 2.18. The molecular weight excluding hydrogens is 248 g/mol. The van der Waals surface area contributed by atoms with E-state index >= 15 is 0 Å². The Morgan fingerprint density at radius 3 is 2.60 bits per heavy atom. The summed E-state index contributed by atoms with van der Waals surface area (Å²) >= 11 is 0. The lowest BCUT2D eigenvalue weighted by molar-refractivity contribution is 0.0991. The van der Waals surface area contributed by atoms with Crippen molar-refractivity contribution >= 4 is 5.78 Å². The molecule has 2 aromatic rings. The lowest BCUT2D eigenvalue weighted by Crippen LogP contribution is -2.08. The highest BCUT2D eigenvalue weighted by atomic mass is 16.1. The molecule has 0 bridgehead atoms. The Labute approximate surface area is 119 Å². The van der Waals surface area contributed by atoms with Crippen molar-refractivity contribution in [2.24, 2.45) is 0 Å². The Morgan fingerprint density at radius 1 is 1.20 bits per heavy atom. The summed E-state index contributed by atoms with van der Waals surface area (Å²) in [5.41, 5.74) is 2.82. The number of hydrogen-bond donors (Lipinski definition) is 0. The van der Waals surface area contributed by atoms with Gasteiger partial charge in [0.2, 0.25) is 0 Å². The highest BCUT2D eigenvalue weighted by Crippen LogP contribution is 2.28. The fourth-order valence-corrected chi connectivity index (χ4v) is 2.85. The van der Waals surface area contributed by atoms with Crippen LogP contribution in [0.5, 0.6) is 0 Å². The van der Waals surface area contributed by atoms with Gasteiger partial charge >= 0.3 is 0 Å². The molecular formula is C17H20N2O.